The molecule has 0 aliphatic carbocycles. The fraction of sp³-hybridized carbons (Fsp3) is 0.194. The number of likely N-dealkylation sites (N-methyl/N-ethyl adjacent to an activating group) is 1. The van der Waals surface area contributed by atoms with Crippen molar-refractivity contribution in [3.05, 3.63) is 98.6 Å². The molecule has 0 spiro atoms. The molecule has 0 saturated heterocycles. The molecule has 4 amide bonds. The molecule has 2 aliphatic rings. The zero-order chi connectivity index (χ0) is 32.9. The summed E-state index contributed by atoms with van der Waals surface area (Å²) in [5.74, 6) is -0.888. The van der Waals surface area contributed by atoms with Gasteiger partial charge in [0, 0.05) is 36.3 Å². The van der Waals surface area contributed by atoms with Crippen LogP contribution in [0.4, 0.5) is 11.4 Å². The van der Waals surface area contributed by atoms with Crippen molar-refractivity contribution in [2.45, 2.75) is 20.5 Å². The summed E-state index contributed by atoms with van der Waals surface area (Å²) in [5, 5.41) is 5.83. The Morgan fingerprint density at radius 3 is 2.43 bits per heavy atom. The van der Waals surface area contributed by atoms with Gasteiger partial charge in [0.2, 0.25) is 28.6 Å². The van der Waals surface area contributed by atoms with E-state index >= 15 is 0 Å². The standard InChI is InChI=1S/C31H29Cl3N6O5.ClH/c1-18-30(34)40(28(44)13-8-20-6-9-21(10-7-20)38-26(42)16-36-19(2)41)14-4-5-25(31(40)37-18)45-17-22-23(32)11-12-24(29(22)33)39(3)27(43)15-35;/h4-14H,15-17,35H2,1-3H3,(H-,36,38,41,42,44);1H/p+1. The van der Waals surface area contributed by atoms with Crippen LogP contribution in [0, 0.1) is 0 Å². The Morgan fingerprint density at radius 1 is 1.09 bits per heavy atom. The number of rotatable bonds is 10. The number of nitrogens with two attached hydrogens (primary N) is 1. The number of aliphatic imine (C=N–C) groups is 1. The second-order valence-corrected chi connectivity index (χ2v) is 11.1. The van der Waals surface area contributed by atoms with Crippen molar-refractivity contribution in [3.63, 3.8) is 0 Å². The number of halogens is 4. The van der Waals surface area contributed by atoms with Crippen molar-refractivity contribution in [1.82, 2.24) is 5.32 Å². The van der Waals surface area contributed by atoms with E-state index in [1.807, 2.05) is 0 Å². The van der Waals surface area contributed by atoms with E-state index in [1.165, 1.54) is 17.9 Å². The average molecular weight is 709 g/mol. The molecule has 1 atom stereocenters. The number of anilines is 2. The molecule has 0 bridgehead atoms. The van der Waals surface area contributed by atoms with E-state index in [1.54, 1.807) is 74.8 Å². The normalized spacial score (nSPS) is 16.7. The van der Waals surface area contributed by atoms with E-state index in [4.69, 9.17) is 45.3 Å². The first kappa shape index (κ1) is 36.5. The number of hydrogen-bond donors (Lipinski definition) is 3. The molecule has 4 N–H and O–H groups in total. The van der Waals surface area contributed by atoms with Gasteiger partial charge in [-0.15, -0.1) is 16.9 Å². The fourth-order valence-electron chi connectivity index (χ4n) is 4.49. The van der Waals surface area contributed by atoms with Gasteiger partial charge in [0.15, 0.2) is 0 Å². The minimum Gasteiger partial charge on any atom is -0.481 e. The molecular weight excluding hydrogens is 678 g/mol. The number of amidine groups is 1. The molecule has 1 unspecified atom stereocenters. The maximum atomic E-state index is 13.8. The Labute approximate surface area is 287 Å². The molecule has 46 heavy (non-hydrogen) atoms. The summed E-state index contributed by atoms with van der Waals surface area (Å²) in [6.45, 7) is 2.59. The highest BCUT2D eigenvalue weighted by Gasteiger charge is 2.52. The molecule has 0 saturated carbocycles. The van der Waals surface area contributed by atoms with Crippen molar-refractivity contribution in [2.75, 3.05) is 30.4 Å². The van der Waals surface area contributed by atoms with Crippen molar-refractivity contribution in [3.8, 4) is 0 Å². The van der Waals surface area contributed by atoms with Crippen LogP contribution in [-0.4, -0.2) is 54.1 Å². The number of nitrogens with one attached hydrogen (secondary N) is 2. The SMILES string of the molecule is CC(=O)NCC(=O)Nc1ccc(C=CC(=O)[N+]23C=CC=C(OCc4c(Cl)ccc(N(C)C(=O)CN)c4Cl)C2=NC(C)=C3Cl)cc1.Cl. The van der Waals surface area contributed by atoms with E-state index in [0.717, 1.165) is 0 Å². The lowest BCUT2D eigenvalue weighted by Crippen LogP contribution is -2.50. The van der Waals surface area contributed by atoms with Crippen LogP contribution in [0.5, 0.6) is 0 Å². The molecule has 0 aromatic heterocycles. The molecule has 2 heterocycles. The summed E-state index contributed by atoms with van der Waals surface area (Å²) < 4.78 is 5.60. The van der Waals surface area contributed by atoms with Crippen LogP contribution in [0.1, 0.15) is 25.0 Å². The predicted octanol–water partition coefficient (Wildman–Crippen LogP) is 5.24. The summed E-state index contributed by atoms with van der Waals surface area (Å²) in [5.41, 5.74) is 8.00. The number of allylic oxidation sites excluding steroid dienone is 3. The highest BCUT2D eigenvalue weighted by Crippen LogP contribution is 2.40. The Bertz CT molecular complexity index is 1720. The first-order chi connectivity index (χ1) is 21.4. The zero-order valence-corrected chi connectivity index (χ0v) is 28.1. The second kappa shape index (κ2) is 15.5. The second-order valence-electron chi connectivity index (χ2n) is 9.96. The largest absolute Gasteiger partial charge is 0.481 e. The maximum Gasteiger partial charge on any atom is 0.355 e. The maximum absolute atomic E-state index is 13.8. The number of quaternary nitrogens is 1. The van der Waals surface area contributed by atoms with Crippen molar-refractivity contribution < 1.29 is 28.4 Å². The molecule has 4 rings (SSSR count). The fourth-order valence-corrected chi connectivity index (χ4v) is 5.36. The molecule has 2 aromatic rings. The van der Waals surface area contributed by atoms with Gasteiger partial charge >= 0.3 is 5.91 Å². The summed E-state index contributed by atoms with van der Waals surface area (Å²) >= 11 is 19.8. The average Bonchev–Trinajstić information content (AvgIpc) is 3.29. The Kier molecular flexibility index (Phi) is 12.3. The highest BCUT2D eigenvalue weighted by molar-refractivity contribution is 6.38. The van der Waals surface area contributed by atoms with Gasteiger partial charge in [0.25, 0.3) is 5.84 Å². The topological polar surface area (TPSA) is 143 Å². The van der Waals surface area contributed by atoms with Crippen LogP contribution in [0.2, 0.25) is 10.0 Å². The Morgan fingerprint density at radius 2 is 1.78 bits per heavy atom. The van der Waals surface area contributed by atoms with Gasteiger partial charge in [0.05, 0.1) is 23.8 Å². The third-order valence-electron chi connectivity index (χ3n) is 6.90. The summed E-state index contributed by atoms with van der Waals surface area (Å²) in [7, 11) is 1.56. The summed E-state index contributed by atoms with van der Waals surface area (Å²) in [6, 6.07) is 10.0. The molecule has 242 valence electrons. The molecule has 0 radical (unpaired) electrons. The Hall–Kier alpha value is -3.97. The number of ether oxygens (including phenoxy) is 1. The first-order valence-electron chi connectivity index (χ1n) is 13.6. The molecule has 11 nitrogen and oxygen atoms in total. The zero-order valence-electron chi connectivity index (χ0n) is 25.0. The highest BCUT2D eigenvalue weighted by atomic mass is 35.5. The molecule has 2 aromatic carbocycles. The molecular formula is C31H31Cl4N6O5+. The van der Waals surface area contributed by atoms with Gasteiger partial charge in [-0.25, -0.2) is 4.79 Å². The van der Waals surface area contributed by atoms with Crippen molar-refractivity contribution >= 4 is 94.1 Å². The minimum absolute atomic E-state index is 0. The number of nitrogens with zero attached hydrogens (tertiary/aromatic N) is 3. The lowest BCUT2D eigenvalue weighted by molar-refractivity contribution is -0.650. The van der Waals surface area contributed by atoms with E-state index in [-0.39, 0.29) is 71.6 Å². The van der Waals surface area contributed by atoms with Gasteiger partial charge in [-0.2, -0.15) is 4.99 Å². The first-order valence-corrected chi connectivity index (χ1v) is 14.7. The van der Waals surface area contributed by atoms with E-state index < -0.39 is 10.4 Å². The van der Waals surface area contributed by atoms with Gasteiger partial charge in [-0.3, -0.25) is 14.4 Å². The van der Waals surface area contributed by atoms with Crippen LogP contribution in [0.15, 0.2) is 82.4 Å². The van der Waals surface area contributed by atoms with E-state index in [9.17, 15) is 19.2 Å². The Balaban J connectivity index is 0.00000576. The molecule has 2 aliphatic heterocycles. The number of benzene rings is 2. The summed E-state index contributed by atoms with van der Waals surface area (Å²) in [6.07, 6.45) is 7.91. The smallest absolute Gasteiger partial charge is 0.355 e. The molecule has 15 heteroatoms. The monoisotopic (exact) mass is 707 g/mol. The van der Waals surface area contributed by atoms with Gasteiger partial charge in [0.1, 0.15) is 18.5 Å². The number of hydrogen-bond acceptors (Lipinski definition) is 7. The minimum atomic E-state index is -0.526. The quantitative estimate of drug-likeness (QED) is 0.175. The third kappa shape index (κ3) is 7.69. The van der Waals surface area contributed by atoms with Crippen LogP contribution in [0.3, 0.4) is 0 Å². The van der Waals surface area contributed by atoms with Gasteiger partial charge in [-0.1, -0.05) is 35.3 Å². The molecule has 0 fully saturated rings. The van der Waals surface area contributed by atoms with Gasteiger partial charge in [-0.05, 0) is 66.6 Å². The third-order valence-corrected chi connectivity index (χ3v) is 8.22. The van der Waals surface area contributed by atoms with Crippen LogP contribution in [-0.2, 0) is 30.5 Å². The van der Waals surface area contributed by atoms with Crippen LogP contribution < -0.4 is 21.3 Å². The van der Waals surface area contributed by atoms with E-state index in [2.05, 4.69) is 15.6 Å². The van der Waals surface area contributed by atoms with E-state index in [0.29, 0.717) is 33.2 Å². The number of carbonyl (C=O) groups is 4. The predicted molar refractivity (Wildman–Crippen MR) is 182 cm³/mol. The van der Waals surface area contributed by atoms with Crippen molar-refractivity contribution in [1.29, 1.82) is 0 Å². The van der Waals surface area contributed by atoms with Crippen molar-refractivity contribution in [2.24, 2.45) is 10.7 Å². The number of carbonyl (C=O) groups excluding carboxylic acids is 4. The summed E-state index contributed by atoms with van der Waals surface area (Å²) in [4.78, 5) is 54.8. The number of amides is 4. The van der Waals surface area contributed by atoms with Gasteiger partial charge < -0.3 is 26.0 Å². The lowest BCUT2D eigenvalue weighted by atomic mass is 10.1. The van der Waals surface area contributed by atoms with Crippen LogP contribution in [0.25, 0.3) is 6.08 Å². The van der Waals surface area contributed by atoms with Crippen LogP contribution >= 0.6 is 47.2 Å². The number of fused-ring (bicyclic) bond motifs is 1. The lowest BCUT2D eigenvalue weighted by Gasteiger charge is -2.29.